The molecule has 0 saturated carbocycles. The summed E-state index contributed by atoms with van der Waals surface area (Å²) in [5.74, 6) is 0.0217. The van der Waals surface area contributed by atoms with E-state index in [2.05, 4.69) is 4.90 Å². The number of likely N-dealkylation sites (tertiary alicyclic amines) is 1. The van der Waals surface area contributed by atoms with Gasteiger partial charge in [-0.1, -0.05) is 6.42 Å². The molecule has 1 heterocycles. The number of aliphatic hydroxyl groups is 1. The number of piperidine rings is 1. The van der Waals surface area contributed by atoms with Crippen molar-refractivity contribution in [1.29, 1.82) is 0 Å². The van der Waals surface area contributed by atoms with E-state index in [1.807, 2.05) is 0 Å². The van der Waals surface area contributed by atoms with Crippen molar-refractivity contribution >= 4 is 5.91 Å². The molecule has 0 radical (unpaired) electrons. The lowest BCUT2D eigenvalue weighted by Crippen LogP contribution is -2.45. The molecule has 15 heavy (non-hydrogen) atoms. The number of nitrogens with two attached hydrogens (primary N) is 1. The van der Waals surface area contributed by atoms with E-state index in [0.717, 1.165) is 13.1 Å². The summed E-state index contributed by atoms with van der Waals surface area (Å²) in [7, 11) is 0. The fourth-order valence-electron chi connectivity index (χ4n) is 1.85. The number of amides is 1. The van der Waals surface area contributed by atoms with E-state index in [4.69, 9.17) is 10.8 Å². The van der Waals surface area contributed by atoms with Crippen LogP contribution in [0.2, 0.25) is 0 Å². The summed E-state index contributed by atoms with van der Waals surface area (Å²) in [5, 5.41) is 8.76. The van der Waals surface area contributed by atoms with E-state index >= 15 is 0 Å². The Morgan fingerprint density at radius 2 is 2.00 bits per heavy atom. The molecule has 0 bridgehead atoms. The summed E-state index contributed by atoms with van der Waals surface area (Å²) < 4.78 is 0. The molecule has 1 rings (SSSR count). The standard InChI is InChI=1S/C10H21N3O2/c11-9-13(6-7-14)10(15)8-12-4-2-1-3-5-12/h14H,1-9,11H2. The van der Waals surface area contributed by atoms with Crippen molar-refractivity contribution in [3.8, 4) is 0 Å². The van der Waals surface area contributed by atoms with Crippen molar-refractivity contribution in [2.45, 2.75) is 19.3 Å². The molecule has 0 aromatic rings. The minimum absolute atomic E-state index is 0.0217. The van der Waals surface area contributed by atoms with E-state index in [0.29, 0.717) is 13.1 Å². The molecule has 5 nitrogen and oxygen atoms in total. The van der Waals surface area contributed by atoms with Crippen LogP contribution in [-0.2, 0) is 4.79 Å². The number of rotatable bonds is 5. The van der Waals surface area contributed by atoms with Crippen LogP contribution in [0.4, 0.5) is 0 Å². The summed E-state index contributed by atoms with van der Waals surface area (Å²) in [6.07, 6.45) is 3.62. The van der Waals surface area contributed by atoms with Crippen LogP contribution in [0.25, 0.3) is 0 Å². The van der Waals surface area contributed by atoms with Crippen LogP contribution in [0.3, 0.4) is 0 Å². The molecule has 0 spiro atoms. The van der Waals surface area contributed by atoms with Gasteiger partial charge >= 0.3 is 0 Å². The van der Waals surface area contributed by atoms with Crippen LogP contribution in [-0.4, -0.2) is 60.3 Å². The average molecular weight is 215 g/mol. The minimum Gasteiger partial charge on any atom is -0.395 e. The maximum Gasteiger partial charge on any atom is 0.237 e. The first kappa shape index (κ1) is 12.4. The molecule has 1 aliphatic heterocycles. The lowest BCUT2D eigenvalue weighted by molar-refractivity contribution is -0.133. The Kier molecular flexibility index (Phi) is 5.60. The Hall–Kier alpha value is -0.650. The Morgan fingerprint density at radius 3 is 2.53 bits per heavy atom. The predicted molar refractivity (Wildman–Crippen MR) is 58.1 cm³/mol. The summed E-state index contributed by atoms with van der Waals surface area (Å²) >= 11 is 0. The van der Waals surface area contributed by atoms with Gasteiger partial charge in [-0.05, 0) is 25.9 Å². The van der Waals surface area contributed by atoms with Gasteiger partial charge in [0.05, 0.1) is 19.8 Å². The third-order valence-corrected chi connectivity index (χ3v) is 2.75. The maximum atomic E-state index is 11.7. The van der Waals surface area contributed by atoms with Gasteiger partial charge in [-0.2, -0.15) is 0 Å². The number of carbonyl (C=O) groups excluding carboxylic acids is 1. The summed E-state index contributed by atoms with van der Waals surface area (Å²) in [5.41, 5.74) is 5.44. The molecule has 1 amide bonds. The SMILES string of the molecule is NCN(CCO)C(=O)CN1CCCCC1. The monoisotopic (exact) mass is 215 g/mol. The van der Waals surface area contributed by atoms with Crippen LogP contribution >= 0.6 is 0 Å². The zero-order valence-electron chi connectivity index (χ0n) is 9.19. The van der Waals surface area contributed by atoms with Crippen molar-refractivity contribution in [3.05, 3.63) is 0 Å². The molecule has 0 unspecified atom stereocenters. The maximum absolute atomic E-state index is 11.7. The molecular formula is C10H21N3O2. The van der Waals surface area contributed by atoms with Crippen molar-refractivity contribution < 1.29 is 9.90 Å². The van der Waals surface area contributed by atoms with Crippen molar-refractivity contribution in [2.24, 2.45) is 5.73 Å². The van der Waals surface area contributed by atoms with Gasteiger partial charge in [-0.3, -0.25) is 9.69 Å². The van der Waals surface area contributed by atoms with Crippen LogP contribution < -0.4 is 5.73 Å². The van der Waals surface area contributed by atoms with Gasteiger partial charge in [0.2, 0.25) is 5.91 Å². The zero-order chi connectivity index (χ0) is 11.1. The van der Waals surface area contributed by atoms with Crippen molar-refractivity contribution in [1.82, 2.24) is 9.80 Å². The Labute approximate surface area is 90.8 Å². The lowest BCUT2D eigenvalue weighted by atomic mass is 10.1. The Bertz CT molecular complexity index is 193. The Balaban J connectivity index is 2.31. The smallest absolute Gasteiger partial charge is 0.237 e. The number of hydrogen-bond acceptors (Lipinski definition) is 4. The second-order valence-electron chi connectivity index (χ2n) is 3.90. The quantitative estimate of drug-likeness (QED) is 0.590. The molecular weight excluding hydrogens is 194 g/mol. The van der Waals surface area contributed by atoms with Gasteiger partial charge in [0, 0.05) is 6.54 Å². The normalized spacial score (nSPS) is 17.7. The average Bonchev–Trinajstić information content (AvgIpc) is 2.27. The van der Waals surface area contributed by atoms with E-state index in [1.54, 1.807) is 0 Å². The highest BCUT2D eigenvalue weighted by Crippen LogP contribution is 2.08. The van der Waals surface area contributed by atoms with Crippen LogP contribution in [0.15, 0.2) is 0 Å². The molecule has 1 saturated heterocycles. The van der Waals surface area contributed by atoms with Gasteiger partial charge in [-0.15, -0.1) is 0 Å². The van der Waals surface area contributed by atoms with Crippen LogP contribution in [0, 0.1) is 0 Å². The molecule has 3 N–H and O–H groups in total. The fraction of sp³-hybridized carbons (Fsp3) is 0.900. The van der Waals surface area contributed by atoms with Crippen LogP contribution in [0.5, 0.6) is 0 Å². The first-order valence-electron chi connectivity index (χ1n) is 5.59. The predicted octanol–water partition coefficient (Wildman–Crippen LogP) is -0.791. The van der Waals surface area contributed by atoms with E-state index in [-0.39, 0.29) is 19.2 Å². The largest absolute Gasteiger partial charge is 0.395 e. The van der Waals surface area contributed by atoms with Crippen molar-refractivity contribution in [3.63, 3.8) is 0 Å². The van der Waals surface area contributed by atoms with E-state index in [1.165, 1.54) is 24.2 Å². The lowest BCUT2D eigenvalue weighted by Gasteiger charge is -2.28. The fourth-order valence-corrected chi connectivity index (χ4v) is 1.85. The van der Waals surface area contributed by atoms with Crippen LogP contribution in [0.1, 0.15) is 19.3 Å². The second kappa shape index (κ2) is 6.76. The molecule has 0 aromatic carbocycles. The van der Waals surface area contributed by atoms with E-state index in [9.17, 15) is 4.79 Å². The number of carbonyl (C=O) groups is 1. The summed E-state index contributed by atoms with van der Waals surface area (Å²) in [4.78, 5) is 15.4. The van der Waals surface area contributed by atoms with Gasteiger partial charge < -0.3 is 15.7 Å². The molecule has 0 aliphatic carbocycles. The van der Waals surface area contributed by atoms with Gasteiger partial charge in [0.1, 0.15) is 0 Å². The number of hydrogen-bond donors (Lipinski definition) is 2. The minimum atomic E-state index is -0.0249. The highest BCUT2D eigenvalue weighted by Gasteiger charge is 2.17. The second-order valence-corrected chi connectivity index (χ2v) is 3.90. The molecule has 88 valence electrons. The van der Waals surface area contributed by atoms with Gasteiger partial charge in [0.15, 0.2) is 0 Å². The highest BCUT2D eigenvalue weighted by atomic mass is 16.3. The van der Waals surface area contributed by atoms with Gasteiger partial charge in [0.25, 0.3) is 0 Å². The first-order valence-corrected chi connectivity index (χ1v) is 5.59. The first-order chi connectivity index (χ1) is 7.27. The third-order valence-electron chi connectivity index (χ3n) is 2.75. The van der Waals surface area contributed by atoms with Gasteiger partial charge in [-0.25, -0.2) is 0 Å². The Morgan fingerprint density at radius 1 is 1.33 bits per heavy atom. The molecule has 0 atom stereocenters. The number of aliphatic hydroxyl groups excluding tert-OH is 1. The zero-order valence-corrected chi connectivity index (χ0v) is 9.19. The third kappa shape index (κ3) is 4.15. The summed E-state index contributed by atoms with van der Waals surface area (Å²) in [6.45, 7) is 2.95. The number of nitrogens with zero attached hydrogens (tertiary/aromatic N) is 2. The molecule has 5 heteroatoms. The topological polar surface area (TPSA) is 69.8 Å². The van der Waals surface area contributed by atoms with Crippen molar-refractivity contribution in [2.75, 3.05) is 39.5 Å². The molecule has 1 aliphatic rings. The molecule has 1 fully saturated rings. The summed E-state index contributed by atoms with van der Waals surface area (Å²) in [6, 6.07) is 0. The molecule has 0 aromatic heterocycles. The highest BCUT2D eigenvalue weighted by molar-refractivity contribution is 5.78. The van der Waals surface area contributed by atoms with E-state index < -0.39 is 0 Å².